The molecule has 0 atom stereocenters. The van der Waals surface area contributed by atoms with Crippen LogP contribution in [0.5, 0.6) is 5.75 Å². The van der Waals surface area contributed by atoms with Crippen molar-refractivity contribution < 1.29 is 5.11 Å². The summed E-state index contributed by atoms with van der Waals surface area (Å²) in [5.41, 5.74) is 4.70. The van der Waals surface area contributed by atoms with Gasteiger partial charge in [0.1, 0.15) is 23.3 Å². The van der Waals surface area contributed by atoms with Gasteiger partial charge in [-0.2, -0.15) is 5.26 Å². The number of nitrogens with zero attached hydrogens (tertiary/aromatic N) is 4. The van der Waals surface area contributed by atoms with Gasteiger partial charge in [-0.25, -0.2) is 9.97 Å². The zero-order valence-corrected chi connectivity index (χ0v) is 15.0. The number of aromatic nitrogens is 3. The van der Waals surface area contributed by atoms with Crippen molar-refractivity contribution in [2.24, 2.45) is 0 Å². The third-order valence-corrected chi connectivity index (χ3v) is 4.01. The Morgan fingerprint density at radius 3 is 2.42 bits per heavy atom. The van der Waals surface area contributed by atoms with E-state index in [9.17, 15) is 10.4 Å². The SMILES string of the molecule is CC.Cc1ncc2c(C#N)c(C)n(-c3c(C)ccc(O)c3C)c2n1. The highest BCUT2D eigenvalue weighted by atomic mass is 16.3. The molecule has 0 radical (unpaired) electrons. The summed E-state index contributed by atoms with van der Waals surface area (Å²) in [4.78, 5) is 8.71. The molecule has 2 aromatic heterocycles. The molecule has 2 heterocycles. The maximum absolute atomic E-state index is 10.1. The molecule has 24 heavy (non-hydrogen) atoms. The number of aromatic hydroxyl groups is 1. The lowest BCUT2D eigenvalue weighted by Gasteiger charge is -2.15. The topological polar surface area (TPSA) is 74.7 Å². The predicted octanol–water partition coefficient (Wildman–Crippen LogP) is 4.26. The van der Waals surface area contributed by atoms with Crippen molar-refractivity contribution in [3.63, 3.8) is 0 Å². The summed E-state index contributed by atoms with van der Waals surface area (Å²) in [5, 5.41) is 20.3. The molecule has 5 heteroatoms. The van der Waals surface area contributed by atoms with Crippen LogP contribution in [0.25, 0.3) is 16.7 Å². The molecule has 0 aliphatic rings. The maximum atomic E-state index is 10.1. The van der Waals surface area contributed by atoms with E-state index >= 15 is 0 Å². The van der Waals surface area contributed by atoms with Gasteiger partial charge in [-0.05, 0) is 39.3 Å². The Kier molecular flexibility index (Phi) is 4.89. The van der Waals surface area contributed by atoms with Gasteiger partial charge in [0, 0.05) is 17.5 Å². The molecule has 0 bridgehead atoms. The van der Waals surface area contributed by atoms with Gasteiger partial charge >= 0.3 is 0 Å². The molecule has 0 unspecified atom stereocenters. The molecule has 124 valence electrons. The largest absolute Gasteiger partial charge is 0.508 e. The molecular weight excluding hydrogens is 300 g/mol. The minimum atomic E-state index is 0.228. The number of benzene rings is 1. The van der Waals surface area contributed by atoms with Gasteiger partial charge in [-0.15, -0.1) is 0 Å². The molecule has 0 amide bonds. The fraction of sp³-hybridized carbons (Fsp3) is 0.316. The Morgan fingerprint density at radius 1 is 1.12 bits per heavy atom. The summed E-state index contributed by atoms with van der Waals surface area (Å²) < 4.78 is 1.94. The number of hydrogen-bond donors (Lipinski definition) is 1. The number of fused-ring (bicyclic) bond motifs is 1. The number of phenols is 1. The fourth-order valence-corrected chi connectivity index (χ4v) is 2.85. The number of rotatable bonds is 1. The van der Waals surface area contributed by atoms with Crippen LogP contribution < -0.4 is 0 Å². The highest BCUT2D eigenvalue weighted by Crippen LogP contribution is 2.33. The first kappa shape index (κ1) is 17.5. The fourth-order valence-electron chi connectivity index (χ4n) is 2.85. The van der Waals surface area contributed by atoms with E-state index < -0.39 is 0 Å². The monoisotopic (exact) mass is 322 g/mol. The summed E-state index contributed by atoms with van der Waals surface area (Å²) in [7, 11) is 0. The van der Waals surface area contributed by atoms with Crippen molar-refractivity contribution in [2.45, 2.75) is 41.5 Å². The minimum Gasteiger partial charge on any atom is -0.508 e. The van der Waals surface area contributed by atoms with E-state index in [0.717, 1.165) is 27.9 Å². The maximum Gasteiger partial charge on any atom is 0.149 e. The predicted molar refractivity (Wildman–Crippen MR) is 95.5 cm³/mol. The van der Waals surface area contributed by atoms with E-state index in [1.807, 2.05) is 52.2 Å². The van der Waals surface area contributed by atoms with Gasteiger partial charge in [-0.3, -0.25) is 4.57 Å². The summed E-state index contributed by atoms with van der Waals surface area (Å²) in [6.07, 6.45) is 1.69. The number of hydrogen-bond acceptors (Lipinski definition) is 4. The molecule has 0 aliphatic heterocycles. The van der Waals surface area contributed by atoms with Crippen molar-refractivity contribution in [1.82, 2.24) is 14.5 Å². The third-order valence-electron chi connectivity index (χ3n) is 4.01. The van der Waals surface area contributed by atoms with Crippen molar-refractivity contribution in [3.05, 3.63) is 46.5 Å². The molecule has 1 aromatic carbocycles. The van der Waals surface area contributed by atoms with Crippen molar-refractivity contribution in [3.8, 4) is 17.5 Å². The number of nitriles is 1. The van der Waals surface area contributed by atoms with Gasteiger partial charge in [0.15, 0.2) is 0 Å². The zero-order chi connectivity index (χ0) is 18.0. The molecule has 3 aromatic rings. The van der Waals surface area contributed by atoms with Crippen molar-refractivity contribution >= 4 is 11.0 Å². The quantitative estimate of drug-likeness (QED) is 0.726. The van der Waals surface area contributed by atoms with E-state index in [1.165, 1.54) is 0 Å². The second-order valence-electron chi connectivity index (χ2n) is 5.44. The van der Waals surface area contributed by atoms with Crippen molar-refractivity contribution in [1.29, 1.82) is 5.26 Å². The van der Waals surface area contributed by atoms with Gasteiger partial charge in [0.05, 0.1) is 16.6 Å². The Bertz CT molecular complexity index is 948. The molecule has 0 spiro atoms. The van der Waals surface area contributed by atoms with Gasteiger partial charge < -0.3 is 5.11 Å². The Hall–Kier alpha value is -2.87. The normalized spacial score (nSPS) is 10.2. The Labute approximate surface area is 142 Å². The van der Waals surface area contributed by atoms with Crippen LogP contribution in [0.2, 0.25) is 0 Å². The van der Waals surface area contributed by atoms with Crippen LogP contribution in [0.3, 0.4) is 0 Å². The van der Waals surface area contributed by atoms with E-state index in [-0.39, 0.29) is 5.75 Å². The van der Waals surface area contributed by atoms with Crippen LogP contribution in [-0.4, -0.2) is 19.6 Å². The first-order valence-corrected chi connectivity index (χ1v) is 8.00. The highest BCUT2D eigenvalue weighted by Gasteiger charge is 2.20. The molecule has 5 nitrogen and oxygen atoms in total. The number of aryl methyl sites for hydroxylation is 2. The van der Waals surface area contributed by atoms with Crippen LogP contribution in [0.15, 0.2) is 18.3 Å². The summed E-state index contributed by atoms with van der Waals surface area (Å²) in [6, 6.07) is 5.78. The lowest BCUT2D eigenvalue weighted by molar-refractivity contribution is 0.470. The summed E-state index contributed by atoms with van der Waals surface area (Å²) in [6.45, 7) is 11.6. The second kappa shape index (κ2) is 6.71. The molecule has 0 fully saturated rings. The first-order chi connectivity index (χ1) is 11.5. The van der Waals surface area contributed by atoms with Gasteiger partial charge in [0.2, 0.25) is 0 Å². The van der Waals surface area contributed by atoms with Crippen LogP contribution >= 0.6 is 0 Å². The summed E-state index contributed by atoms with van der Waals surface area (Å²) >= 11 is 0. The second-order valence-corrected chi connectivity index (χ2v) is 5.44. The van der Waals surface area contributed by atoms with Gasteiger partial charge in [0.25, 0.3) is 0 Å². The minimum absolute atomic E-state index is 0.228. The molecule has 3 rings (SSSR count). The zero-order valence-electron chi connectivity index (χ0n) is 15.0. The lowest BCUT2D eigenvalue weighted by Crippen LogP contribution is -2.04. The molecule has 1 N–H and O–H groups in total. The van der Waals surface area contributed by atoms with Crippen molar-refractivity contribution in [2.75, 3.05) is 0 Å². The van der Waals surface area contributed by atoms with Gasteiger partial charge in [-0.1, -0.05) is 19.9 Å². The smallest absolute Gasteiger partial charge is 0.149 e. The van der Waals surface area contributed by atoms with Crippen LogP contribution in [0.1, 0.15) is 42.1 Å². The van der Waals surface area contributed by atoms with E-state index in [2.05, 4.69) is 16.0 Å². The average molecular weight is 322 g/mol. The molecule has 0 aliphatic carbocycles. The molecule has 0 saturated carbocycles. The highest BCUT2D eigenvalue weighted by molar-refractivity contribution is 5.86. The van der Waals surface area contributed by atoms with Crippen LogP contribution in [-0.2, 0) is 0 Å². The van der Waals surface area contributed by atoms with E-state index in [0.29, 0.717) is 17.0 Å². The van der Waals surface area contributed by atoms with Crippen LogP contribution in [0.4, 0.5) is 0 Å². The number of phenolic OH excluding ortho intramolecular Hbond substituents is 1. The third kappa shape index (κ3) is 2.61. The summed E-state index contributed by atoms with van der Waals surface area (Å²) in [5.74, 6) is 0.873. The lowest BCUT2D eigenvalue weighted by atomic mass is 10.1. The standard InChI is InChI=1S/C17H16N4O.C2H6/c1-9-5-6-15(22)10(2)16(9)21-11(3)13(7-18)14-8-19-12(4)20-17(14)21;1-2/h5-6,8,22H,1-4H3;1-2H3. The Morgan fingerprint density at radius 2 is 1.79 bits per heavy atom. The van der Waals surface area contributed by atoms with Crippen LogP contribution in [0, 0.1) is 39.0 Å². The molecular formula is C19H22N4O. The average Bonchev–Trinajstić information content (AvgIpc) is 2.85. The van der Waals surface area contributed by atoms with E-state index in [1.54, 1.807) is 12.3 Å². The van der Waals surface area contributed by atoms with E-state index in [4.69, 9.17) is 0 Å². The first-order valence-electron chi connectivity index (χ1n) is 8.00. The molecule has 0 saturated heterocycles. The Balaban J connectivity index is 0.00000100.